The van der Waals surface area contributed by atoms with E-state index in [4.69, 9.17) is 16.3 Å². The summed E-state index contributed by atoms with van der Waals surface area (Å²) in [6.45, 7) is 3.70. The zero-order valence-electron chi connectivity index (χ0n) is 16.3. The summed E-state index contributed by atoms with van der Waals surface area (Å²) >= 11 is 5.94. The van der Waals surface area contributed by atoms with Crippen LogP contribution in [0.25, 0.3) is 5.82 Å². The van der Waals surface area contributed by atoms with Gasteiger partial charge in [0.1, 0.15) is 23.2 Å². The predicted octanol–water partition coefficient (Wildman–Crippen LogP) is 4.98. The number of nitrogens with zero attached hydrogens (tertiary/aromatic N) is 4. The zero-order chi connectivity index (χ0) is 21.1. The van der Waals surface area contributed by atoms with Crippen LogP contribution in [0.1, 0.15) is 22.0 Å². The standard InChI is InChI=1S/C22H18ClN5O2/c1-14-25-20(28-11-10-24-15(28)2)13-21(26-14)30-19-8-6-18(7-9-19)27-22(29)16-4-3-5-17(23)12-16/h3-13H,1-2H3,(H,27,29). The van der Waals surface area contributed by atoms with Crippen LogP contribution in [-0.2, 0) is 0 Å². The maximum Gasteiger partial charge on any atom is 0.255 e. The topological polar surface area (TPSA) is 81.9 Å². The average molecular weight is 420 g/mol. The number of hydrogen-bond donors (Lipinski definition) is 1. The fraction of sp³-hybridized carbons (Fsp3) is 0.0909. The number of nitrogens with one attached hydrogen (secondary N) is 1. The van der Waals surface area contributed by atoms with Gasteiger partial charge >= 0.3 is 0 Å². The molecule has 0 unspecified atom stereocenters. The third kappa shape index (κ3) is 4.47. The van der Waals surface area contributed by atoms with Crippen molar-refractivity contribution in [2.75, 3.05) is 5.32 Å². The van der Waals surface area contributed by atoms with Gasteiger partial charge in [-0.05, 0) is 56.3 Å². The summed E-state index contributed by atoms with van der Waals surface area (Å²) in [5.74, 6) is 2.85. The molecule has 0 bridgehead atoms. The number of ether oxygens (including phenoxy) is 1. The highest BCUT2D eigenvalue weighted by atomic mass is 35.5. The molecule has 0 aliphatic heterocycles. The molecule has 0 saturated heterocycles. The lowest BCUT2D eigenvalue weighted by atomic mass is 10.2. The van der Waals surface area contributed by atoms with Gasteiger partial charge < -0.3 is 10.1 Å². The van der Waals surface area contributed by atoms with Crippen molar-refractivity contribution in [2.45, 2.75) is 13.8 Å². The van der Waals surface area contributed by atoms with E-state index < -0.39 is 0 Å². The third-order valence-corrected chi connectivity index (χ3v) is 4.53. The Morgan fingerprint density at radius 3 is 2.57 bits per heavy atom. The molecule has 0 spiro atoms. The second kappa shape index (κ2) is 8.34. The summed E-state index contributed by atoms with van der Waals surface area (Å²) in [6, 6.07) is 15.5. The van der Waals surface area contributed by atoms with Gasteiger partial charge in [0.05, 0.1) is 0 Å². The summed E-state index contributed by atoms with van der Waals surface area (Å²) < 4.78 is 7.74. The second-order valence-electron chi connectivity index (χ2n) is 6.55. The number of halogens is 1. The lowest BCUT2D eigenvalue weighted by Gasteiger charge is -2.10. The van der Waals surface area contributed by atoms with E-state index >= 15 is 0 Å². The highest BCUT2D eigenvalue weighted by Gasteiger charge is 2.09. The van der Waals surface area contributed by atoms with Crippen molar-refractivity contribution < 1.29 is 9.53 Å². The molecule has 2 aromatic carbocycles. The Bertz CT molecular complexity index is 1200. The average Bonchev–Trinajstić information content (AvgIpc) is 3.15. The quantitative estimate of drug-likeness (QED) is 0.493. The Labute approximate surface area is 178 Å². The SMILES string of the molecule is Cc1nc(Oc2ccc(NC(=O)c3cccc(Cl)c3)cc2)cc(-n2ccnc2C)n1. The molecule has 1 amide bonds. The number of carbonyl (C=O) groups excluding carboxylic acids is 1. The van der Waals surface area contributed by atoms with E-state index in [0.717, 1.165) is 5.82 Å². The third-order valence-electron chi connectivity index (χ3n) is 4.29. The van der Waals surface area contributed by atoms with Gasteiger partial charge in [0.25, 0.3) is 5.91 Å². The molecule has 150 valence electrons. The Kier molecular flexibility index (Phi) is 5.45. The van der Waals surface area contributed by atoms with Gasteiger partial charge in [-0.2, -0.15) is 4.98 Å². The van der Waals surface area contributed by atoms with Crippen LogP contribution in [0, 0.1) is 13.8 Å². The molecule has 8 heteroatoms. The van der Waals surface area contributed by atoms with Gasteiger partial charge in [-0.15, -0.1) is 0 Å². The van der Waals surface area contributed by atoms with Gasteiger partial charge in [-0.1, -0.05) is 17.7 Å². The van der Waals surface area contributed by atoms with Crippen molar-refractivity contribution in [1.82, 2.24) is 19.5 Å². The predicted molar refractivity (Wildman–Crippen MR) is 115 cm³/mol. The van der Waals surface area contributed by atoms with Crippen molar-refractivity contribution in [3.05, 3.63) is 89.2 Å². The summed E-state index contributed by atoms with van der Waals surface area (Å²) in [5.41, 5.74) is 1.13. The highest BCUT2D eigenvalue weighted by Crippen LogP contribution is 2.24. The normalized spacial score (nSPS) is 10.6. The van der Waals surface area contributed by atoms with Crippen LogP contribution >= 0.6 is 11.6 Å². The van der Waals surface area contributed by atoms with E-state index in [2.05, 4.69) is 20.3 Å². The highest BCUT2D eigenvalue weighted by molar-refractivity contribution is 6.31. The van der Waals surface area contributed by atoms with Crippen molar-refractivity contribution >= 4 is 23.2 Å². The maximum absolute atomic E-state index is 12.3. The number of aryl methyl sites for hydroxylation is 2. The van der Waals surface area contributed by atoms with Crippen molar-refractivity contribution in [3.8, 4) is 17.4 Å². The second-order valence-corrected chi connectivity index (χ2v) is 6.98. The summed E-state index contributed by atoms with van der Waals surface area (Å²) in [7, 11) is 0. The number of aromatic nitrogens is 4. The van der Waals surface area contributed by atoms with Crippen LogP contribution in [0.3, 0.4) is 0 Å². The number of hydrogen-bond acceptors (Lipinski definition) is 5. The van der Waals surface area contributed by atoms with Crippen molar-refractivity contribution in [3.63, 3.8) is 0 Å². The fourth-order valence-corrected chi connectivity index (χ4v) is 3.07. The molecular formula is C22H18ClN5O2. The van der Waals surface area contributed by atoms with Crippen LogP contribution in [-0.4, -0.2) is 25.4 Å². The summed E-state index contributed by atoms with van der Waals surface area (Å²) in [5, 5.41) is 3.34. The molecule has 0 fully saturated rings. The first-order valence-electron chi connectivity index (χ1n) is 9.19. The summed E-state index contributed by atoms with van der Waals surface area (Å²) in [4.78, 5) is 25.3. The lowest BCUT2D eigenvalue weighted by Crippen LogP contribution is -2.11. The van der Waals surface area contributed by atoms with Gasteiger partial charge in [-0.25, -0.2) is 9.97 Å². The smallest absolute Gasteiger partial charge is 0.255 e. The molecular weight excluding hydrogens is 402 g/mol. The number of imidazole rings is 1. The number of rotatable bonds is 5. The van der Waals surface area contributed by atoms with Gasteiger partial charge in [0, 0.05) is 34.7 Å². The van der Waals surface area contributed by atoms with E-state index in [1.54, 1.807) is 67.7 Å². The molecule has 0 atom stereocenters. The molecule has 4 aromatic rings. The zero-order valence-corrected chi connectivity index (χ0v) is 17.1. The molecule has 0 aliphatic rings. The Morgan fingerprint density at radius 2 is 1.87 bits per heavy atom. The lowest BCUT2D eigenvalue weighted by molar-refractivity contribution is 0.102. The van der Waals surface area contributed by atoms with Gasteiger partial charge in [0.2, 0.25) is 5.88 Å². The first kappa shape index (κ1) is 19.6. The molecule has 2 aromatic heterocycles. The van der Waals surface area contributed by atoms with E-state index in [1.165, 1.54) is 0 Å². The number of anilines is 1. The van der Waals surface area contributed by atoms with Crippen molar-refractivity contribution in [1.29, 1.82) is 0 Å². The first-order valence-corrected chi connectivity index (χ1v) is 9.56. The molecule has 0 aliphatic carbocycles. The van der Waals surface area contributed by atoms with Crippen LogP contribution in [0.2, 0.25) is 5.02 Å². The van der Waals surface area contributed by atoms with Crippen LogP contribution in [0.15, 0.2) is 67.0 Å². The molecule has 30 heavy (non-hydrogen) atoms. The van der Waals surface area contributed by atoms with E-state index in [9.17, 15) is 4.79 Å². The van der Waals surface area contributed by atoms with Crippen molar-refractivity contribution in [2.24, 2.45) is 0 Å². The molecule has 0 radical (unpaired) electrons. The van der Waals surface area contributed by atoms with Crippen LogP contribution in [0.5, 0.6) is 11.6 Å². The Balaban J connectivity index is 1.48. The van der Waals surface area contributed by atoms with E-state index in [0.29, 0.717) is 39.5 Å². The molecule has 0 saturated carbocycles. The fourth-order valence-electron chi connectivity index (χ4n) is 2.88. The minimum atomic E-state index is -0.238. The van der Waals surface area contributed by atoms with E-state index in [-0.39, 0.29) is 5.91 Å². The Hall–Kier alpha value is -3.71. The number of amides is 1. The number of carbonyl (C=O) groups is 1. The molecule has 7 nitrogen and oxygen atoms in total. The minimum Gasteiger partial charge on any atom is -0.439 e. The van der Waals surface area contributed by atoms with E-state index in [1.807, 2.05) is 17.7 Å². The van der Waals surface area contributed by atoms with Crippen LogP contribution in [0.4, 0.5) is 5.69 Å². The maximum atomic E-state index is 12.3. The first-order chi connectivity index (χ1) is 14.5. The summed E-state index contributed by atoms with van der Waals surface area (Å²) in [6.07, 6.45) is 3.54. The van der Waals surface area contributed by atoms with Gasteiger partial charge in [0.15, 0.2) is 0 Å². The Morgan fingerprint density at radius 1 is 1.07 bits per heavy atom. The van der Waals surface area contributed by atoms with Crippen LogP contribution < -0.4 is 10.1 Å². The largest absolute Gasteiger partial charge is 0.439 e. The number of benzene rings is 2. The molecule has 4 rings (SSSR count). The monoisotopic (exact) mass is 419 g/mol. The van der Waals surface area contributed by atoms with Gasteiger partial charge in [-0.3, -0.25) is 9.36 Å². The molecule has 2 heterocycles. The minimum absolute atomic E-state index is 0.238. The molecule has 1 N–H and O–H groups in total.